The van der Waals surface area contributed by atoms with E-state index in [-0.39, 0.29) is 5.95 Å². The first-order chi connectivity index (χ1) is 10.0. The van der Waals surface area contributed by atoms with Gasteiger partial charge in [0.2, 0.25) is 5.95 Å². The van der Waals surface area contributed by atoms with E-state index in [9.17, 15) is 0 Å². The lowest BCUT2D eigenvalue weighted by Gasteiger charge is -2.13. The first kappa shape index (κ1) is 15.2. The molecule has 4 N–H and O–H groups in total. The Bertz CT molecular complexity index is 648. The fraction of sp³-hybridized carbons (Fsp3) is 0.286. The number of rotatable bonds is 5. The van der Waals surface area contributed by atoms with Crippen molar-refractivity contribution in [2.45, 2.75) is 13.8 Å². The molecule has 21 heavy (non-hydrogen) atoms. The van der Waals surface area contributed by atoms with Gasteiger partial charge in [0.15, 0.2) is 0 Å². The minimum Gasteiger partial charge on any atom is -0.495 e. The Morgan fingerprint density at radius 3 is 2.62 bits per heavy atom. The molecule has 7 heteroatoms. The standard InChI is InChI=1S/C14H18ClN5O/c1-4-17-12-7-13(20-14(16)19-12)18-10-5-8(2)9(15)6-11(10)21-3/h5-7H,4H2,1-3H3,(H4,16,17,18,19,20). The molecular weight excluding hydrogens is 290 g/mol. The van der Waals surface area contributed by atoms with E-state index in [1.54, 1.807) is 19.2 Å². The highest BCUT2D eigenvalue weighted by Gasteiger charge is 2.09. The van der Waals surface area contributed by atoms with Crippen molar-refractivity contribution in [2.75, 3.05) is 30.0 Å². The molecule has 0 saturated carbocycles. The Labute approximate surface area is 128 Å². The van der Waals surface area contributed by atoms with Crippen LogP contribution in [0.3, 0.4) is 0 Å². The average Bonchev–Trinajstić information content (AvgIpc) is 2.42. The summed E-state index contributed by atoms with van der Waals surface area (Å²) in [6.45, 7) is 4.65. The number of ether oxygens (including phenoxy) is 1. The number of aryl methyl sites for hydroxylation is 1. The normalized spacial score (nSPS) is 10.3. The number of nitrogens with two attached hydrogens (primary N) is 1. The van der Waals surface area contributed by atoms with Gasteiger partial charge in [-0.3, -0.25) is 0 Å². The fourth-order valence-corrected chi connectivity index (χ4v) is 2.02. The number of nitrogens with one attached hydrogen (secondary N) is 2. The summed E-state index contributed by atoms with van der Waals surface area (Å²) in [6.07, 6.45) is 0. The Balaban J connectivity index is 2.35. The summed E-state index contributed by atoms with van der Waals surface area (Å²) < 4.78 is 5.32. The Hall–Kier alpha value is -2.21. The van der Waals surface area contributed by atoms with Crippen LogP contribution in [0, 0.1) is 6.92 Å². The number of halogens is 1. The average molecular weight is 308 g/mol. The summed E-state index contributed by atoms with van der Waals surface area (Å²) in [7, 11) is 1.59. The lowest BCUT2D eigenvalue weighted by Crippen LogP contribution is -2.06. The molecule has 1 aromatic carbocycles. The van der Waals surface area contributed by atoms with E-state index in [1.807, 2.05) is 19.9 Å². The minimum atomic E-state index is 0.195. The van der Waals surface area contributed by atoms with E-state index >= 15 is 0 Å². The SMILES string of the molecule is CCNc1cc(Nc2cc(C)c(Cl)cc2OC)nc(N)n1. The van der Waals surface area contributed by atoms with E-state index in [4.69, 9.17) is 22.1 Å². The lowest BCUT2D eigenvalue weighted by atomic mass is 10.2. The van der Waals surface area contributed by atoms with Crippen molar-refractivity contribution < 1.29 is 4.74 Å². The zero-order valence-corrected chi connectivity index (χ0v) is 13.0. The van der Waals surface area contributed by atoms with Crippen molar-refractivity contribution in [3.05, 3.63) is 28.8 Å². The van der Waals surface area contributed by atoms with Gasteiger partial charge in [-0.25, -0.2) is 0 Å². The molecule has 0 fully saturated rings. The van der Waals surface area contributed by atoms with Crippen LogP contribution in [0.4, 0.5) is 23.3 Å². The number of aromatic nitrogens is 2. The lowest BCUT2D eigenvalue weighted by molar-refractivity contribution is 0.416. The van der Waals surface area contributed by atoms with Crippen LogP contribution in [-0.2, 0) is 0 Å². The van der Waals surface area contributed by atoms with Crippen LogP contribution in [0.15, 0.2) is 18.2 Å². The molecule has 6 nitrogen and oxygen atoms in total. The number of anilines is 4. The van der Waals surface area contributed by atoms with Gasteiger partial charge >= 0.3 is 0 Å². The molecule has 0 atom stereocenters. The highest BCUT2D eigenvalue weighted by Crippen LogP contribution is 2.33. The summed E-state index contributed by atoms with van der Waals surface area (Å²) in [5.41, 5.74) is 7.42. The fourth-order valence-electron chi connectivity index (χ4n) is 1.87. The van der Waals surface area contributed by atoms with E-state index in [2.05, 4.69) is 20.6 Å². The summed E-state index contributed by atoms with van der Waals surface area (Å²) in [4.78, 5) is 8.27. The molecule has 0 unspecified atom stereocenters. The first-order valence-corrected chi connectivity index (χ1v) is 6.91. The van der Waals surface area contributed by atoms with Crippen LogP contribution >= 0.6 is 11.6 Å². The number of hydrogen-bond donors (Lipinski definition) is 3. The molecule has 0 aliphatic rings. The third kappa shape index (κ3) is 3.66. The molecule has 112 valence electrons. The van der Waals surface area contributed by atoms with E-state index < -0.39 is 0 Å². The van der Waals surface area contributed by atoms with Crippen molar-refractivity contribution in [3.63, 3.8) is 0 Å². The first-order valence-electron chi connectivity index (χ1n) is 6.53. The van der Waals surface area contributed by atoms with E-state index in [0.29, 0.717) is 22.4 Å². The number of hydrogen-bond acceptors (Lipinski definition) is 6. The third-order valence-corrected chi connectivity index (χ3v) is 3.25. The molecule has 0 spiro atoms. The van der Waals surface area contributed by atoms with Gasteiger partial charge in [-0.15, -0.1) is 0 Å². The Morgan fingerprint density at radius 1 is 1.24 bits per heavy atom. The van der Waals surface area contributed by atoms with Crippen LogP contribution in [0.2, 0.25) is 5.02 Å². The summed E-state index contributed by atoms with van der Waals surface area (Å²) in [6, 6.07) is 5.44. The van der Waals surface area contributed by atoms with Crippen molar-refractivity contribution in [1.29, 1.82) is 0 Å². The van der Waals surface area contributed by atoms with Crippen molar-refractivity contribution in [1.82, 2.24) is 9.97 Å². The predicted molar refractivity (Wildman–Crippen MR) is 86.6 cm³/mol. The molecular formula is C14H18ClN5O. The maximum atomic E-state index is 6.10. The smallest absolute Gasteiger partial charge is 0.223 e. The van der Waals surface area contributed by atoms with Crippen molar-refractivity contribution in [2.24, 2.45) is 0 Å². The van der Waals surface area contributed by atoms with Crippen molar-refractivity contribution in [3.8, 4) is 5.75 Å². The molecule has 0 amide bonds. The summed E-state index contributed by atoms with van der Waals surface area (Å²) in [5, 5.41) is 6.92. The second kappa shape index (κ2) is 6.49. The van der Waals surface area contributed by atoms with E-state index in [1.165, 1.54) is 0 Å². The number of nitrogens with zero attached hydrogens (tertiary/aromatic N) is 2. The maximum Gasteiger partial charge on any atom is 0.223 e. The number of methoxy groups -OCH3 is 1. The highest BCUT2D eigenvalue weighted by atomic mass is 35.5. The quantitative estimate of drug-likeness (QED) is 0.786. The van der Waals surface area contributed by atoms with Gasteiger partial charge in [0.25, 0.3) is 0 Å². The van der Waals surface area contributed by atoms with Crippen LogP contribution < -0.4 is 21.1 Å². The van der Waals surface area contributed by atoms with Gasteiger partial charge in [-0.05, 0) is 25.5 Å². The third-order valence-electron chi connectivity index (χ3n) is 2.84. The van der Waals surface area contributed by atoms with Gasteiger partial charge in [-0.2, -0.15) is 9.97 Å². The second-order valence-corrected chi connectivity index (χ2v) is 4.86. The van der Waals surface area contributed by atoms with Gasteiger partial charge in [0.05, 0.1) is 12.8 Å². The van der Waals surface area contributed by atoms with E-state index in [0.717, 1.165) is 17.8 Å². The van der Waals surface area contributed by atoms with Gasteiger partial charge in [0.1, 0.15) is 17.4 Å². The summed E-state index contributed by atoms with van der Waals surface area (Å²) in [5.74, 6) is 2.07. The van der Waals surface area contributed by atoms with Gasteiger partial charge in [0, 0.05) is 23.7 Å². The molecule has 2 rings (SSSR count). The topological polar surface area (TPSA) is 85.1 Å². The van der Waals surface area contributed by atoms with Gasteiger partial charge in [-0.1, -0.05) is 11.6 Å². The highest BCUT2D eigenvalue weighted by molar-refractivity contribution is 6.31. The molecule has 0 bridgehead atoms. The maximum absolute atomic E-state index is 6.10. The van der Waals surface area contributed by atoms with Crippen LogP contribution in [0.25, 0.3) is 0 Å². The predicted octanol–water partition coefficient (Wildman–Crippen LogP) is 3.20. The molecule has 0 radical (unpaired) electrons. The largest absolute Gasteiger partial charge is 0.495 e. The Kier molecular flexibility index (Phi) is 4.70. The molecule has 0 saturated heterocycles. The molecule has 1 heterocycles. The number of benzene rings is 1. The number of nitrogen functional groups attached to an aromatic ring is 1. The van der Waals surface area contributed by atoms with Crippen LogP contribution in [0.5, 0.6) is 5.75 Å². The molecule has 0 aliphatic heterocycles. The monoisotopic (exact) mass is 307 g/mol. The molecule has 2 aromatic rings. The minimum absolute atomic E-state index is 0.195. The van der Waals surface area contributed by atoms with Gasteiger partial charge < -0.3 is 21.1 Å². The molecule has 0 aliphatic carbocycles. The van der Waals surface area contributed by atoms with Crippen LogP contribution in [0.1, 0.15) is 12.5 Å². The van der Waals surface area contributed by atoms with Crippen molar-refractivity contribution >= 4 is 34.9 Å². The second-order valence-electron chi connectivity index (χ2n) is 4.45. The summed E-state index contributed by atoms with van der Waals surface area (Å²) >= 11 is 6.10. The molecule has 1 aromatic heterocycles. The van der Waals surface area contributed by atoms with Crippen LogP contribution in [-0.4, -0.2) is 23.6 Å². The zero-order valence-electron chi connectivity index (χ0n) is 12.2. The Morgan fingerprint density at radius 2 is 1.95 bits per heavy atom. The zero-order chi connectivity index (χ0) is 15.4.